The largest absolute Gasteiger partial charge is 0.490 e. The number of hydrogen-bond acceptors (Lipinski definition) is 4. The lowest BCUT2D eigenvalue weighted by Gasteiger charge is -2.13. The van der Waals surface area contributed by atoms with Gasteiger partial charge in [-0.2, -0.15) is 0 Å². The molecule has 0 spiro atoms. The second-order valence-corrected chi connectivity index (χ2v) is 4.60. The Hall–Kier alpha value is -2.23. The molecule has 0 aliphatic carbocycles. The lowest BCUT2D eigenvalue weighted by atomic mass is 10.1. The van der Waals surface area contributed by atoms with E-state index >= 15 is 0 Å². The van der Waals surface area contributed by atoms with E-state index in [4.69, 9.17) is 15.2 Å². The number of rotatable bonds is 5. The molecular formula is C16H20N2O2. The summed E-state index contributed by atoms with van der Waals surface area (Å²) in [5.41, 5.74) is 9.59. The minimum absolute atomic E-state index is 0.375. The van der Waals surface area contributed by atoms with E-state index in [9.17, 15) is 0 Å². The van der Waals surface area contributed by atoms with Gasteiger partial charge in [0.15, 0.2) is 11.5 Å². The predicted molar refractivity (Wildman–Crippen MR) is 80.1 cm³/mol. The molecule has 0 aliphatic rings. The van der Waals surface area contributed by atoms with Crippen molar-refractivity contribution >= 4 is 5.69 Å². The quantitative estimate of drug-likeness (QED) is 0.907. The van der Waals surface area contributed by atoms with Crippen LogP contribution >= 0.6 is 0 Å². The second kappa shape index (κ2) is 6.28. The summed E-state index contributed by atoms with van der Waals surface area (Å²) in [6.45, 7) is 6.84. The summed E-state index contributed by atoms with van der Waals surface area (Å²) in [6.07, 6.45) is 1.77. The highest BCUT2D eigenvalue weighted by atomic mass is 16.5. The van der Waals surface area contributed by atoms with Crippen LogP contribution in [0.25, 0.3) is 0 Å². The average molecular weight is 272 g/mol. The standard InChI is InChI=1S/C16H20N2O2/c1-4-19-14-7-5-6-8-15(14)20-10-13-12(3)16(17)11(2)9-18-13/h5-9H,4,10H2,1-3H3,(H2,17,18). The fraction of sp³-hybridized carbons (Fsp3) is 0.312. The van der Waals surface area contributed by atoms with Crippen molar-refractivity contribution in [1.82, 2.24) is 4.98 Å². The summed E-state index contributed by atoms with van der Waals surface area (Å²) in [6, 6.07) is 7.62. The van der Waals surface area contributed by atoms with Crippen LogP contribution in [0.15, 0.2) is 30.5 Å². The molecule has 2 aromatic rings. The van der Waals surface area contributed by atoms with Gasteiger partial charge in [-0.1, -0.05) is 12.1 Å². The lowest BCUT2D eigenvalue weighted by molar-refractivity contribution is 0.266. The summed E-state index contributed by atoms with van der Waals surface area (Å²) in [5.74, 6) is 1.46. The molecule has 1 aromatic heterocycles. The fourth-order valence-corrected chi connectivity index (χ4v) is 1.93. The van der Waals surface area contributed by atoms with Gasteiger partial charge in [0.25, 0.3) is 0 Å². The molecule has 0 radical (unpaired) electrons. The number of hydrogen-bond donors (Lipinski definition) is 1. The number of nitrogens with zero attached hydrogens (tertiary/aromatic N) is 1. The van der Waals surface area contributed by atoms with Gasteiger partial charge in [-0.25, -0.2) is 0 Å². The van der Waals surface area contributed by atoms with E-state index in [2.05, 4.69) is 4.98 Å². The first-order valence-electron chi connectivity index (χ1n) is 6.68. The van der Waals surface area contributed by atoms with Crippen LogP contribution in [-0.4, -0.2) is 11.6 Å². The van der Waals surface area contributed by atoms with Crippen LogP contribution < -0.4 is 15.2 Å². The number of anilines is 1. The van der Waals surface area contributed by atoms with E-state index in [1.807, 2.05) is 45.0 Å². The second-order valence-electron chi connectivity index (χ2n) is 4.60. The summed E-state index contributed by atoms with van der Waals surface area (Å²) in [5, 5.41) is 0. The van der Waals surface area contributed by atoms with E-state index in [1.54, 1.807) is 6.20 Å². The maximum Gasteiger partial charge on any atom is 0.161 e. The molecule has 0 atom stereocenters. The minimum Gasteiger partial charge on any atom is -0.490 e. The minimum atomic E-state index is 0.375. The molecule has 4 heteroatoms. The zero-order chi connectivity index (χ0) is 14.5. The van der Waals surface area contributed by atoms with Gasteiger partial charge in [-0.15, -0.1) is 0 Å². The summed E-state index contributed by atoms with van der Waals surface area (Å²) in [7, 11) is 0. The van der Waals surface area contributed by atoms with Crippen molar-refractivity contribution in [2.24, 2.45) is 0 Å². The third-order valence-electron chi connectivity index (χ3n) is 3.19. The molecule has 0 bridgehead atoms. The van der Waals surface area contributed by atoms with Crippen molar-refractivity contribution in [3.8, 4) is 11.5 Å². The Morgan fingerprint density at radius 1 is 1.10 bits per heavy atom. The Balaban J connectivity index is 2.15. The highest BCUT2D eigenvalue weighted by Crippen LogP contribution is 2.28. The highest BCUT2D eigenvalue weighted by Gasteiger charge is 2.09. The van der Waals surface area contributed by atoms with Gasteiger partial charge in [0.05, 0.1) is 12.3 Å². The van der Waals surface area contributed by atoms with Crippen LogP contribution in [0.1, 0.15) is 23.7 Å². The highest BCUT2D eigenvalue weighted by molar-refractivity contribution is 5.53. The van der Waals surface area contributed by atoms with Gasteiger partial charge < -0.3 is 15.2 Å². The number of aryl methyl sites for hydroxylation is 1. The average Bonchev–Trinajstić information content (AvgIpc) is 2.46. The molecule has 20 heavy (non-hydrogen) atoms. The van der Waals surface area contributed by atoms with Crippen LogP contribution in [0, 0.1) is 13.8 Å². The Kier molecular flexibility index (Phi) is 4.45. The van der Waals surface area contributed by atoms with Gasteiger partial charge in [0.1, 0.15) is 6.61 Å². The number of pyridine rings is 1. The SMILES string of the molecule is CCOc1ccccc1OCc1ncc(C)c(N)c1C. The van der Waals surface area contributed by atoms with E-state index in [0.717, 1.165) is 34.0 Å². The molecule has 0 aliphatic heterocycles. The van der Waals surface area contributed by atoms with E-state index < -0.39 is 0 Å². The molecule has 0 saturated heterocycles. The molecule has 0 saturated carbocycles. The van der Waals surface area contributed by atoms with E-state index in [0.29, 0.717) is 13.2 Å². The fourth-order valence-electron chi connectivity index (χ4n) is 1.93. The lowest BCUT2D eigenvalue weighted by Crippen LogP contribution is -2.06. The van der Waals surface area contributed by atoms with Gasteiger partial charge in [0, 0.05) is 11.9 Å². The number of aromatic nitrogens is 1. The van der Waals surface area contributed by atoms with Crippen LogP contribution in [-0.2, 0) is 6.61 Å². The van der Waals surface area contributed by atoms with E-state index in [1.165, 1.54) is 0 Å². The van der Waals surface area contributed by atoms with Crippen molar-refractivity contribution < 1.29 is 9.47 Å². The van der Waals surface area contributed by atoms with Crippen molar-refractivity contribution in [2.75, 3.05) is 12.3 Å². The molecule has 1 heterocycles. The number of nitrogens with two attached hydrogens (primary N) is 1. The first-order chi connectivity index (χ1) is 9.63. The molecule has 0 unspecified atom stereocenters. The van der Waals surface area contributed by atoms with E-state index in [-0.39, 0.29) is 0 Å². The van der Waals surface area contributed by atoms with Crippen LogP contribution in [0.2, 0.25) is 0 Å². The maximum absolute atomic E-state index is 6.01. The first kappa shape index (κ1) is 14.2. The van der Waals surface area contributed by atoms with Crippen molar-refractivity contribution in [3.05, 3.63) is 47.3 Å². The molecule has 0 fully saturated rings. The summed E-state index contributed by atoms with van der Waals surface area (Å²) >= 11 is 0. The van der Waals surface area contributed by atoms with Gasteiger partial charge in [0.2, 0.25) is 0 Å². The third kappa shape index (κ3) is 3.02. The normalized spacial score (nSPS) is 10.3. The van der Waals surface area contributed by atoms with Gasteiger partial charge >= 0.3 is 0 Å². The zero-order valence-electron chi connectivity index (χ0n) is 12.1. The third-order valence-corrected chi connectivity index (χ3v) is 3.19. The smallest absolute Gasteiger partial charge is 0.161 e. The molecule has 0 amide bonds. The Morgan fingerprint density at radius 3 is 2.40 bits per heavy atom. The van der Waals surface area contributed by atoms with Gasteiger partial charge in [-0.3, -0.25) is 4.98 Å². The Labute approximate surface area is 119 Å². The zero-order valence-corrected chi connectivity index (χ0v) is 12.1. The molecule has 1 aromatic carbocycles. The van der Waals surface area contributed by atoms with Crippen molar-refractivity contribution in [1.29, 1.82) is 0 Å². The van der Waals surface area contributed by atoms with Crippen LogP contribution in [0.5, 0.6) is 11.5 Å². The van der Waals surface area contributed by atoms with Crippen molar-refractivity contribution in [2.45, 2.75) is 27.4 Å². The molecule has 4 nitrogen and oxygen atoms in total. The monoisotopic (exact) mass is 272 g/mol. The Bertz CT molecular complexity index is 597. The van der Waals surface area contributed by atoms with Crippen LogP contribution in [0.3, 0.4) is 0 Å². The topological polar surface area (TPSA) is 57.4 Å². The van der Waals surface area contributed by atoms with Crippen molar-refractivity contribution in [3.63, 3.8) is 0 Å². The first-order valence-corrected chi connectivity index (χ1v) is 6.68. The maximum atomic E-state index is 6.01. The molecular weight excluding hydrogens is 252 g/mol. The number of nitrogen functional groups attached to an aromatic ring is 1. The van der Waals surface area contributed by atoms with Gasteiger partial charge in [-0.05, 0) is 44.0 Å². The predicted octanol–water partition coefficient (Wildman–Crippen LogP) is 3.26. The van der Waals surface area contributed by atoms with Crippen LogP contribution in [0.4, 0.5) is 5.69 Å². The number of para-hydroxylation sites is 2. The Morgan fingerprint density at radius 2 is 1.75 bits per heavy atom. The molecule has 2 N–H and O–H groups in total. The molecule has 2 rings (SSSR count). The molecule has 106 valence electrons. The summed E-state index contributed by atoms with van der Waals surface area (Å²) < 4.78 is 11.3. The number of benzene rings is 1. The number of ether oxygens (including phenoxy) is 2. The summed E-state index contributed by atoms with van der Waals surface area (Å²) in [4.78, 5) is 4.38.